The summed E-state index contributed by atoms with van der Waals surface area (Å²) >= 11 is 0. The summed E-state index contributed by atoms with van der Waals surface area (Å²) in [6, 6.07) is 21.5. The van der Waals surface area contributed by atoms with Crippen molar-refractivity contribution in [2.24, 2.45) is 0 Å². The van der Waals surface area contributed by atoms with Crippen LogP contribution in [0.15, 0.2) is 60.7 Å². The summed E-state index contributed by atoms with van der Waals surface area (Å²) in [5.74, 6) is 0. The number of benzene rings is 2. The predicted octanol–water partition coefficient (Wildman–Crippen LogP) is 2.68. The first kappa shape index (κ1) is 15.2. The highest BCUT2D eigenvalue weighted by molar-refractivity contribution is 5.15. The van der Waals surface area contributed by atoms with Crippen LogP contribution in [-0.2, 0) is 17.9 Å². The summed E-state index contributed by atoms with van der Waals surface area (Å²) in [4.78, 5) is 2.52. The first-order chi connectivity index (χ1) is 10.9. The molecule has 0 saturated carbocycles. The molecule has 1 saturated heterocycles. The minimum atomic E-state index is 0.442. The van der Waals surface area contributed by atoms with Crippen LogP contribution >= 0.6 is 0 Å². The largest absolute Gasteiger partial charge is 0.375 e. The Morgan fingerprint density at radius 1 is 0.955 bits per heavy atom. The monoisotopic (exact) mass is 296 g/mol. The molecule has 22 heavy (non-hydrogen) atoms. The number of hydrogen-bond donors (Lipinski definition) is 1. The van der Waals surface area contributed by atoms with E-state index >= 15 is 0 Å². The Balaban J connectivity index is 1.51. The number of piperazine rings is 1. The van der Waals surface area contributed by atoms with Gasteiger partial charge in [0.2, 0.25) is 0 Å². The second-order valence-electron chi connectivity index (χ2n) is 5.81. The Labute approximate surface area is 132 Å². The first-order valence-electron chi connectivity index (χ1n) is 8.02. The van der Waals surface area contributed by atoms with Gasteiger partial charge in [-0.05, 0) is 11.1 Å². The molecule has 1 aliphatic rings. The normalized spacial score (nSPS) is 19.2. The van der Waals surface area contributed by atoms with Gasteiger partial charge in [-0.1, -0.05) is 60.7 Å². The third kappa shape index (κ3) is 4.41. The molecule has 0 bridgehead atoms. The molecule has 2 aromatic carbocycles. The Bertz CT molecular complexity index is 544. The molecule has 1 heterocycles. The number of hydrogen-bond acceptors (Lipinski definition) is 3. The number of rotatable bonds is 6. The standard InChI is InChI=1S/C19H24N2O/c1-3-7-17(8-4-1)14-21-12-11-20-13-19(21)16-22-15-18-9-5-2-6-10-18/h1-10,19-20H,11-16H2/t19-/m1/s1. The highest BCUT2D eigenvalue weighted by Crippen LogP contribution is 2.11. The minimum Gasteiger partial charge on any atom is -0.375 e. The molecular formula is C19H24N2O. The van der Waals surface area contributed by atoms with Crippen molar-refractivity contribution in [2.45, 2.75) is 19.2 Å². The van der Waals surface area contributed by atoms with E-state index in [-0.39, 0.29) is 0 Å². The highest BCUT2D eigenvalue weighted by atomic mass is 16.5. The van der Waals surface area contributed by atoms with Crippen molar-refractivity contribution in [3.63, 3.8) is 0 Å². The molecule has 116 valence electrons. The fraction of sp³-hybridized carbons (Fsp3) is 0.368. The third-order valence-electron chi connectivity index (χ3n) is 4.12. The van der Waals surface area contributed by atoms with Crippen molar-refractivity contribution in [1.82, 2.24) is 10.2 Å². The van der Waals surface area contributed by atoms with Gasteiger partial charge in [0, 0.05) is 32.2 Å². The number of nitrogens with one attached hydrogen (secondary N) is 1. The van der Waals surface area contributed by atoms with Crippen LogP contribution in [0.1, 0.15) is 11.1 Å². The lowest BCUT2D eigenvalue weighted by molar-refractivity contribution is 0.0355. The average Bonchev–Trinajstić information content (AvgIpc) is 2.58. The molecule has 3 nitrogen and oxygen atoms in total. The SMILES string of the molecule is c1ccc(COC[C@H]2CNCCN2Cc2ccccc2)cc1. The maximum Gasteiger partial charge on any atom is 0.0717 e. The Morgan fingerprint density at radius 3 is 2.36 bits per heavy atom. The van der Waals surface area contributed by atoms with Crippen LogP contribution in [0, 0.1) is 0 Å². The Kier molecular flexibility index (Phi) is 5.59. The zero-order chi connectivity index (χ0) is 15.0. The summed E-state index contributed by atoms with van der Waals surface area (Å²) in [6.07, 6.45) is 0. The van der Waals surface area contributed by atoms with E-state index in [4.69, 9.17) is 4.74 Å². The quantitative estimate of drug-likeness (QED) is 0.887. The van der Waals surface area contributed by atoms with Gasteiger partial charge in [0.15, 0.2) is 0 Å². The molecule has 0 aromatic heterocycles. The molecule has 2 aromatic rings. The van der Waals surface area contributed by atoms with Crippen molar-refractivity contribution in [3.8, 4) is 0 Å². The fourth-order valence-electron chi connectivity index (χ4n) is 2.88. The van der Waals surface area contributed by atoms with Gasteiger partial charge in [-0.15, -0.1) is 0 Å². The van der Waals surface area contributed by atoms with Crippen LogP contribution in [0.25, 0.3) is 0 Å². The maximum atomic E-state index is 5.95. The van der Waals surface area contributed by atoms with Crippen molar-refractivity contribution < 1.29 is 4.74 Å². The van der Waals surface area contributed by atoms with E-state index in [0.717, 1.165) is 32.8 Å². The minimum absolute atomic E-state index is 0.442. The van der Waals surface area contributed by atoms with E-state index < -0.39 is 0 Å². The molecule has 0 amide bonds. The molecule has 1 atom stereocenters. The third-order valence-corrected chi connectivity index (χ3v) is 4.12. The van der Waals surface area contributed by atoms with Crippen molar-refractivity contribution in [1.29, 1.82) is 0 Å². The van der Waals surface area contributed by atoms with E-state index in [1.165, 1.54) is 11.1 Å². The maximum absolute atomic E-state index is 5.95. The molecule has 1 aliphatic heterocycles. The zero-order valence-corrected chi connectivity index (χ0v) is 12.9. The van der Waals surface area contributed by atoms with Gasteiger partial charge in [0.05, 0.1) is 13.2 Å². The van der Waals surface area contributed by atoms with Gasteiger partial charge >= 0.3 is 0 Å². The number of nitrogens with zero attached hydrogens (tertiary/aromatic N) is 1. The van der Waals surface area contributed by atoms with Gasteiger partial charge < -0.3 is 10.1 Å². The van der Waals surface area contributed by atoms with Crippen molar-refractivity contribution >= 4 is 0 Å². The second kappa shape index (κ2) is 8.08. The summed E-state index contributed by atoms with van der Waals surface area (Å²) in [7, 11) is 0. The summed E-state index contributed by atoms with van der Waals surface area (Å²) in [5.41, 5.74) is 2.61. The molecule has 0 spiro atoms. The van der Waals surface area contributed by atoms with Crippen LogP contribution < -0.4 is 5.32 Å². The van der Waals surface area contributed by atoms with Crippen LogP contribution in [0.4, 0.5) is 0 Å². The van der Waals surface area contributed by atoms with Crippen molar-refractivity contribution in [3.05, 3.63) is 71.8 Å². The smallest absolute Gasteiger partial charge is 0.0717 e. The van der Waals surface area contributed by atoms with E-state index in [1.807, 2.05) is 6.07 Å². The molecule has 1 N–H and O–H groups in total. The van der Waals surface area contributed by atoms with Gasteiger partial charge in [-0.2, -0.15) is 0 Å². The molecule has 3 rings (SSSR count). The van der Waals surface area contributed by atoms with Crippen LogP contribution in [-0.4, -0.2) is 37.2 Å². The molecule has 0 radical (unpaired) electrons. The van der Waals surface area contributed by atoms with Gasteiger partial charge in [-0.3, -0.25) is 4.90 Å². The van der Waals surface area contributed by atoms with Crippen LogP contribution in [0.3, 0.4) is 0 Å². The van der Waals surface area contributed by atoms with Crippen molar-refractivity contribution in [2.75, 3.05) is 26.2 Å². The van der Waals surface area contributed by atoms with E-state index in [2.05, 4.69) is 64.8 Å². The lowest BCUT2D eigenvalue weighted by atomic mass is 10.1. The molecule has 0 aliphatic carbocycles. The van der Waals surface area contributed by atoms with E-state index in [0.29, 0.717) is 12.6 Å². The Hall–Kier alpha value is -1.68. The number of ether oxygens (including phenoxy) is 1. The average molecular weight is 296 g/mol. The van der Waals surface area contributed by atoms with Crippen LogP contribution in [0.5, 0.6) is 0 Å². The fourth-order valence-corrected chi connectivity index (χ4v) is 2.88. The van der Waals surface area contributed by atoms with Gasteiger partial charge in [0.1, 0.15) is 0 Å². The molecule has 1 fully saturated rings. The molecule has 3 heteroatoms. The first-order valence-corrected chi connectivity index (χ1v) is 8.02. The van der Waals surface area contributed by atoms with Gasteiger partial charge in [-0.25, -0.2) is 0 Å². The summed E-state index contributed by atoms with van der Waals surface area (Å²) < 4.78 is 5.95. The van der Waals surface area contributed by atoms with Gasteiger partial charge in [0.25, 0.3) is 0 Å². The zero-order valence-electron chi connectivity index (χ0n) is 12.9. The topological polar surface area (TPSA) is 24.5 Å². The lowest BCUT2D eigenvalue weighted by Crippen LogP contribution is -2.52. The van der Waals surface area contributed by atoms with Crippen LogP contribution in [0.2, 0.25) is 0 Å². The molecular weight excluding hydrogens is 272 g/mol. The highest BCUT2D eigenvalue weighted by Gasteiger charge is 2.22. The molecule has 0 unspecified atom stereocenters. The Morgan fingerprint density at radius 2 is 1.64 bits per heavy atom. The van der Waals surface area contributed by atoms with E-state index in [9.17, 15) is 0 Å². The van der Waals surface area contributed by atoms with E-state index in [1.54, 1.807) is 0 Å². The lowest BCUT2D eigenvalue weighted by Gasteiger charge is -2.36. The summed E-state index contributed by atoms with van der Waals surface area (Å²) in [6.45, 7) is 5.60. The predicted molar refractivity (Wildman–Crippen MR) is 89.6 cm³/mol. The second-order valence-corrected chi connectivity index (χ2v) is 5.81. The summed E-state index contributed by atoms with van der Waals surface area (Å²) in [5, 5.41) is 3.48.